The van der Waals surface area contributed by atoms with Crippen LogP contribution in [0.5, 0.6) is 0 Å². The number of thiol groups is 1. The first-order valence-corrected chi connectivity index (χ1v) is 21.7. The zero-order chi connectivity index (χ0) is 47.9. The van der Waals surface area contributed by atoms with Gasteiger partial charge in [-0.15, -0.1) is 0 Å². The summed E-state index contributed by atoms with van der Waals surface area (Å²) >= 11 is 4.05. The zero-order valence-electron chi connectivity index (χ0n) is 36.7. The molecule has 0 saturated heterocycles. The average Bonchev–Trinajstić information content (AvgIpc) is 3.78. The number of carboxylic acid groups (broad SMARTS) is 1. The summed E-state index contributed by atoms with van der Waals surface area (Å²) < 4.78 is 0. The van der Waals surface area contributed by atoms with Gasteiger partial charge in [-0.3, -0.25) is 38.6 Å². The molecule has 354 valence electrons. The molecule has 64 heavy (non-hydrogen) atoms. The van der Waals surface area contributed by atoms with Crippen molar-refractivity contribution < 1.29 is 43.5 Å². The number of H-pyrrole nitrogens is 1. The van der Waals surface area contributed by atoms with Gasteiger partial charge in [0.15, 0.2) is 5.96 Å². The van der Waals surface area contributed by atoms with E-state index in [0.29, 0.717) is 24.1 Å². The van der Waals surface area contributed by atoms with Gasteiger partial charge in [0.25, 0.3) is 0 Å². The van der Waals surface area contributed by atoms with Gasteiger partial charge in [-0.25, -0.2) is 9.78 Å². The Morgan fingerprint density at radius 1 is 0.719 bits per heavy atom. The minimum absolute atomic E-state index is 0.00819. The molecule has 0 aliphatic carbocycles. The van der Waals surface area contributed by atoms with E-state index in [0.717, 1.165) is 0 Å². The maximum absolute atomic E-state index is 14.3. The molecule has 1 heterocycles. The number of aliphatic imine (C=N–C) groups is 1. The molecule has 9 atom stereocenters. The van der Waals surface area contributed by atoms with Gasteiger partial charge < -0.3 is 64.9 Å². The maximum Gasteiger partial charge on any atom is 0.326 e. The minimum Gasteiger partial charge on any atom is -0.480 e. The Morgan fingerprint density at radius 2 is 1.23 bits per heavy atom. The van der Waals surface area contributed by atoms with Gasteiger partial charge in [0.1, 0.15) is 36.3 Å². The van der Waals surface area contributed by atoms with E-state index >= 15 is 0 Å². The van der Waals surface area contributed by atoms with E-state index in [1.54, 1.807) is 58.0 Å². The number of aliphatic carboxylic acids is 1. The van der Waals surface area contributed by atoms with E-state index in [1.807, 2.05) is 0 Å². The highest BCUT2D eigenvalue weighted by Gasteiger charge is 2.36. The van der Waals surface area contributed by atoms with E-state index in [-0.39, 0.29) is 56.8 Å². The molecule has 16 N–H and O–H groups in total. The van der Waals surface area contributed by atoms with Gasteiger partial charge >= 0.3 is 5.97 Å². The Labute approximate surface area is 377 Å². The standard InChI is InChI=1S/C41H65N13O9S/c1-5-22(3)32(53-34(56)26(42)20-64)38(60)49-27(14-15-31(43)55)35(57)54-33(23(4)6-2)39(61)52-30(18-25-19-46-21-48-25)37(59)51-29(17-24-11-8-7-9-12-24)36(58)50-28(40(62)63)13-10-16-47-41(44)45/h7-9,11-12,19,21-23,26-30,32-33,64H,5-6,10,13-18,20,42H2,1-4H3,(H2,43,55)(H,46,48)(H,49,60)(H,50,58)(H,51,59)(H,52,61)(H,53,56)(H,54,57)(H,62,63)(H4,44,45,47)/t22-,23-,26-,27-,28-,29-,30-,32-,33-/m0/s1. The zero-order valence-corrected chi connectivity index (χ0v) is 37.6. The molecular formula is C41H65N13O9S. The third-order valence-electron chi connectivity index (χ3n) is 10.5. The Hall–Kier alpha value is -6.23. The molecule has 0 unspecified atom stereocenters. The lowest BCUT2D eigenvalue weighted by Crippen LogP contribution is -2.61. The van der Waals surface area contributed by atoms with Crippen LogP contribution in [0, 0.1) is 11.8 Å². The van der Waals surface area contributed by atoms with Crippen LogP contribution >= 0.6 is 12.6 Å². The van der Waals surface area contributed by atoms with Crippen molar-refractivity contribution in [1.82, 2.24) is 41.9 Å². The van der Waals surface area contributed by atoms with Crippen LogP contribution in [0.3, 0.4) is 0 Å². The van der Waals surface area contributed by atoms with Gasteiger partial charge in [0.05, 0.1) is 12.4 Å². The normalized spacial score (nSPS) is 15.2. The Kier molecular flexibility index (Phi) is 23.4. The van der Waals surface area contributed by atoms with Crippen molar-refractivity contribution in [2.24, 2.45) is 39.8 Å². The van der Waals surface area contributed by atoms with E-state index in [4.69, 9.17) is 22.9 Å². The van der Waals surface area contributed by atoms with Crippen LogP contribution in [-0.4, -0.2) is 123 Å². The number of nitrogens with two attached hydrogens (primary N) is 4. The highest BCUT2D eigenvalue weighted by Crippen LogP contribution is 2.14. The monoisotopic (exact) mass is 915 g/mol. The molecule has 0 fully saturated rings. The van der Waals surface area contributed by atoms with Crippen LogP contribution in [-0.2, 0) is 51.2 Å². The number of guanidine groups is 1. The number of benzene rings is 1. The molecule has 22 nitrogen and oxygen atoms in total. The minimum atomic E-state index is -1.40. The predicted molar refractivity (Wildman–Crippen MR) is 241 cm³/mol. The highest BCUT2D eigenvalue weighted by atomic mass is 32.1. The van der Waals surface area contributed by atoms with Crippen molar-refractivity contribution in [2.45, 2.75) is 121 Å². The molecule has 0 radical (unpaired) electrons. The van der Waals surface area contributed by atoms with Crippen LogP contribution in [0.1, 0.15) is 77.5 Å². The summed E-state index contributed by atoms with van der Waals surface area (Å²) in [7, 11) is 0. The maximum atomic E-state index is 14.3. The van der Waals surface area contributed by atoms with Gasteiger partial charge in [0, 0.05) is 43.5 Å². The van der Waals surface area contributed by atoms with Gasteiger partial charge in [-0.2, -0.15) is 12.6 Å². The summed E-state index contributed by atoms with van der Waals surface area (Å²) in [4.78, 5) is 117. The predicted octanol–water partition coefficient (Wildman–Crippen LogP) is -2.14. The number of hydrogen-bond acceptors (Lipinski definition) is 12. The first kappa shape index (κ1) is 53.9. The summed E-state index contributed by atoms with van der Waals surface area (Å²) in [6.07, 6.45) is 3.01. The summed E-state index contributed by atoms with van der Waals surface area (Å²) in [5, 5.41) is 25.6. The number of aromatic amines is 1. The fraction of sp³-hybridized carbons (Fsp3) is 0.561. The van der Waals surface area contributed by atoms with Crippen molar-refractivity contribution in [3.63, 3.8) is 0 Å². The third kappa shape index (κ3) is 18.6. The average molecular weight is 916 g/mol. The number of nitrogens with one attached hydrogen (secondary N) is 7. The number of carbonyl (C=O) groups excluding carboxylic acids is 7. The summed E-state index contributed by atoms with van der Waals surface area (Å²) in [6.45, 7) is 7.09. The molecule has 23 heteroatoms. The molecule has 2 aromatic rings. The van der Waals surface area contributed by atoms with Gasteiger partial charge in [-0.1, -0.05) is 70.9 Å². The van der Waals surface area contributed by atoms with Crippen molar-refractivity contribution in [2.75, 3.05) is 12.3 Å². The van der Waals surface area contributed by atoms with Crippen molar-refractivity contribution in [1.29, 1.82) is 0 Å². The number of carboxylic acids is 1. The first-order chi connectivity index (χ1) is 30.3. The molecule has 0 spiro atoms. The lowest BCUT2D eigenvalue weighted by Gasteiger charge is -2.30. The van der Waals surface area contributed by atoms with Crippen LogP contribution in [0.15, 0.2) is 47.8 Å². The summed E-state index contributed by atoms with van der Waals surface area (Å²) in [6, 6.07) is -0.248. The number of nitrogens with zero attached hydrogens (tertiary/aromatic N) is 2. The molecule has 2 rings (SSSR count). The number of amides is 7. The second kappa shape index (κ2) is 27.7. The van der Waals surface area contributed by atoms with Crippen molar-refractivity contribution >= 4 is 65.9 Å². The number of imidazole rings is 1. The number of rotatable bonds is 29. The fourth-order valence-electron chi connectivity index (χ4n) is 6.27. The molecule has 0 aliphatic rings. The first-order valence-electron chi connectivity index (χ1n) is 21.1. The van der Waals surface area contributed by atoms with Crippen molar-refractivity contribution in [3.8, 4) is 0 Å². The lowest BCUT2D eigenvalue weighted by atomic mass is 9.96. The van der Waals surface area contributed by atoms with Crippen LogP contribution in [0.2, 0.25) is 0 Å². The van der Waals surface area contributed by atoms with E-state index in [1.165, 1.54) is 12.5 Å². The number of primary amides is 1. The molecule has 7 amide bonds. The molecule has 0 saturated carbocycles. The van der Waals surface area contributed by atoms with Crippen LogP contribution < -0.4 is 54.8 Å². The smallest absolute Gasteiger partial charge is 0.326 e. The van der Waals surface area contributed by atoms with Crippen molar-refractivity contribution in [3.05, 3.63) is 54.1 Å². The molecule has 1 aromatic carbocycles. The second-order valence-electron chi connectivity index (χ2n) is 15.5. The third-order valence-corrected chi connectivity index (χ3v) is 10.9. The second-order valence-corrected chi connectivity index (χ2v) is 15.9. The molecular weight excluding hydrogens is 851 g/mol. The van der Waals surface area contributed by atoms with E-state index < -0.39 is 101 Å². The highest BCUT2D eigenvalue weighted by molar-refractivity contribution is 7.80. The number of carbonyl (C=O) groups is 8. The van der Waals surface area contributed by atoms with Crippen LogP contribution in [0.4, 0.5) is 0 Å². The van der Waals surface area contributed by atoms with Gasteiger partial charge in [0.2, 0.25) is 41.4 Å². The quantitative estimate of drug-likeness (QED) is 0.0180. The van der Waals surface area contributed by atoms with E-state index in [2.05, 4.69) is 59.5 Å². The topological polar surface area (TPSA) is 374 Å². The summed E-state index contributed by atoms with van der Waals surface area (Å²) in [5.41, 5.74) is 23.0. The largest absolute Gasteiger partial charge is 0.480 e. The SMILES string of the molecule is CC[C@H](C)[C@H](NC(=O)[C@H](CCC(N)=O)NC(=O)[C@@H](NC(=O)[C@@H](N)CS)[C@@H](C)CC)C(=O)N[C@@H](Cc1cnc[nH]1)C(=O)N[C@@H](Cc1ccccc1)C(=O)N[C@@H](CCCN=C(N)N)C(=O)O. The molecule has 0 bridgehead atoms. The van der Waals surface area contributed by atoms with Crippen LogP contribution in [0.25, 0.3) is 0 Å². The molecule has 0 aliphatic heterocycles. The Morgan fingerprint density at radius 3 is 1.73 bits per heavy atom. The Balaban J connectivity index is 2.45. The Bertz CT molecular complexity index is 1880. The lowest BCUT2D eigenvalue weighted by molar-refractivity contribution is -0.142. The van der Waals surface area contributed by atoms with Gasteiger partial charge in [-0.05, 0) is 36.7 Å². The number of hydrogen-bond donors (Lipinski definition) is 13. The summed E-state index contributed by atoms with van der Waals surface area (Å²) in [5.74, 6) is -7.88. The molecule has 1 aromatic heterocycles. The fourth-order valence-corrected chi connectivity index (χ4v) is 6.44. The van der Waals surface area contributed by atoms with E-state index in [9.17, 15) is 43.5 Å². The number of aromatic nitrogens is 2.